The smallest absolute Gasteiger partial charge is 0.267 e. The first kappa shape index (κ1) is 24.6. The Kier molecular flexibility index (Phi) is 8.75. The van der Waals surface area contributed by atoms with E-state index in [1.54, 1.807) is 0 Å². The van der Waals surface area contributed by atoms with Crippen molar-refractivity contribution < 1.29 is 14.4 Å². The van der Waals surface area contributed by atoms with Crippen molar-refractivity contribution in [2.75, 3.05) is 16.3 Å². The van der Waals surface area contributed by atoms with E-state index in [0.29, 0.717) is 18.0 Å². The quantitative estimate of drug-likeness (QED) is 0.152. The minimum atomic E-state index is -0.877. The van der Waals surface area contributed by atoms with Crippen LogP contribution >= 0.6 is 22.6 Å². The SMILES string of the molecule is N=C(C(N)=O)c1ccncc1NCC(=O)N[C@@H](CCCI)C(=O)N[C@@H]1C[C@H]1c1ccccc1. The number of alkyl halides is 1. The largest absolute Gasteiger partial charge is 0.374 e. The molecule has 0 saturated heterocycles. The monoisotopic (exact) mass is 562 g/mol. The summed E-state index contributed by atoms with van der Waals surface area (Å²) in [6.07, 6.45) is 5.06. The van der Waals surface area contributed by atoms with Gasteiger partial charge in [-0.2, -0.15) is 0 Å². The van der Waals surface area contributed by atoms with Gasteiger partial charge in [0.05, 0.1) is 18.4 Å². The zero-order chi connectivity index (χ0) is 23.8. The fourth-order valence-electron chi connectivity index (χ4n) is 3.56. The zero-order valence-electron chi connectivity index (χ0n) is 18.0. The van der Waals surface area contributed by atoms with Crippen LogP contribution < -0.4 is 21.7 Å². The average Bonchev–Trinajstić information content (AvgIpc) is 3.59. The Bertz CT molecular complexity index is 1020. The fraction of sp³-hybridized carbons (Fsp3) is 0.348. The van der Waals surface area contributed by atoms with Crippen LogP contribution in [0.5, 0.6) is 0 Å². The van der Waals surface area contributed by atoms with Crippen molar-refractivity contribution in [2.45, 2.75) is 37.3 Å². The molecule has 2 aromatic rings. The van der Waals surface area contributed by atoms with E-state index in [9.17, 15) is 14.4 Å². The molecule has 3 atom stereocenters. The second-order valence-electron chi connectivity index (χ2n) is 7.83. The minimum absolute atomic E-state index is 0.0785. The summed E-state index contributed by atoms with van der Waals surface area (Å²) in [5.41, 5.74) is 6.61. The Morgan fingerprint density at radius 1 is 1.21 bits per heavy atom. The van der Waals surface area contributed by atoms with Crippen molar-refractivity contribution in [3.8, 4) is 0 Å². The molecule has 1 aromatic heterocycles. The van der Waals surface area contributed by atoms with Crippen LogP contribution in [0.15, 0.2) is 48.8 Å². The Morgan fingerprint density at radius 2 is 1.97 bits per heavy atom. The van der Waals surface area contributed by atoms with Crippen LogP contribution in [0.25, 0.3) is 0 Å². The molecular formula is C23H27IN6O3. The first-order valence-corrected chi connectivity index (χ1v) is 12.2. The molecular weight excluding hydrogens is 535 g/mol. The number of hydrogen-bond acceptors (Lipinski definition) is 6. The number of benzene rings is 1. The second kappa shape index (κ2) is 11.7. The van der Waals surface area contributed by atoms with Gasteiger partial charge in [0, 0.05) is 23.7 Å². The number of halogens is 1. The molecule has 0 aliphatic heterocycles. The van der Waals surface area contributed by atoms with Crippen LogP contribution in [-0.2, 0) is 14.4 Å². The van der Waals surface area contributed by atoms with Crippen molar-refractivity contribution in [1.82, 2.24) is 15.6 Å². The van der Waals surface area contributed by atoms with E-state index in [4.69, 9.17) is 11.1 Å². The highest BCUT2D eigenvalue weighted by Gasteiger charge is 2.40. The molecule has 0 spiro atoms. The van der Waals surface area contributed by atoms with E-state index in [0.717, 1.165) is 17.3 Å². The van der Waals surface area contributed by atoms with Crippen molar-refractivity contribution >= 4 is 51.7 Å². The predicted octanol–water partition coefficient (Wildman–Crippen LogP) is 1.72. The molecule has 0 radical (unpaired) electrons. The first-order valence-electron chi connectivity index (χ1n) is 10.7. The summed E-state index contributed by atoms with van der Waals surface area (Å²) in [5, 5.41) is 16.5. The van der Waals surface area contributed by atoms with Crippen LogP contribution in [0, 0.1) is 5.41 Å². The maximum Gasteiger partial charge on any atom is 0.267 e. The van der Waals surface area contributed by atoms with Gasteiger partial charge in [0.15, 0.2) is 0 Å². The number of primary amides is 1. The van der Waals surface area contributed by atoms with Crippen molar-refractivity contribution in [2.24, 2.45) is 5.73 Å². The summed E-state index contributed by atoms with van der Waals surface area (Å²) in [4.78, 5) is 40.7. The third kappa shape index (κ3) is 6.98. The van der Waals surface area contributed by atoms with Gasteiger partial charge in [0.25, 0.3) is 5.91 Å². The lowest BCUT2D eigenvalue weighted by molar-refractivity contribution is -0.128. The van der Waals surface area contributed by atoms with Crippen LogP contribution in [0.2, 0.25) is 0 Å². The standard InChI is InChI=1S/C23H27IN6O3/c24-9-4-7-17(23(33)30-18-11-16(18)14-5-2-1-3-6-14)29-20(31)13-28-19-12-27-10-8-15(19)21(25)22(26)32/h1-3,5-6,8,10,12,16-18,25,28H,4,7,9,11,13H2,(H2,26,32)(H,29,31)(H,30,33)/t16-,17-,18+/m0/s1. The van der Waals surface area contributed by atoms with E-state index in [2.05, 4.69) is 55.7 Å². The lowest BCUT2D eigenvalue weighted by atomic mass is 10.1. The highest BCUT2D eigenvalue weighted by atomic mass is 127. The summed E-state index contributed by atoms with van der Waals surface area (Å²) < 4.78 is 0.875. The Labute approximate surface area is 206 Å². The van der Waals surface area contributed by atoms with Gasteiger partial charge in [-0.1, -0.05) is 52.9 Å². The highest BCUT2D eigenvalue weighted by molar-refractivity contribution is 14.1. The normalized spacial score (nSPS) is 17.5. The number of rotatable bonds is 12. The number of nitrogens with one attached hydrogen (secondary N) is 4. The molecule has 33 heavy (non-hydrogen) atoms. The second-order valence-corrected chi connectivity index (χ2v) is 8.91. The lowest BCUT2D eigenvalue weighted by Crippen LogP contribution is -2.49. The topological polar surface area (TPSA) is 150 Å². The minimum Gasteiger partial charge on any atom is -0.374 e. The molecule has 0 bridgehead atoms. The van der Waals surface area contributed by atoms with E-state index in [-0.39, 0.29) is 35.7 Å². The number of amides is 3. The van der Waals surface area contributed by atoms with Gasteiger partial charge in [-0.25, -0.2) is 0 Å². The molecule has 1 aliphatic carbocycles. The Balaban J connectivity index is 1.56. The molecule has 3 amide bonds. The number of nitrogens with two attached hydrogens (primary N) is 1. The number of pyridine rings is 1. The van der Waals surface area contributed by atoms with E-state index < -0.39 is 11.9 Å². The third-order valence-corrected chi connectivity index (χ3v) is 6.16. The number of nitrogens with zero attached hydrogens (tertiary/aromatic N) is 1. The zero-order valence-corrected chi connectivity index (χ0v) is 20.2. The first-order chi connectivity index (χ1) is 15.9. The van der Waals surface area contributed by atoms with Gasteiger partial charge >= 0.3 is 0 Å². The molecule has 6 N–H and O–H groups in total. The van der Waals surface area contributed by atoms with E-state index >= 15 is 0 Å². The van der Waals surface area contributed by atoms with Crippen LogP contribution in [0.4, 0.5) is 5.69 Å². The molecule has 1 aliphatic rings. The van der Waals surface area contributed by atoms with Crippen LogP contribution in [-0.4, -0.2) is 51.5 Å². The average molecular weight is 562 g/mol. The van der Waals surface area contributed by atoms with Gasteiger partial charge in [0.1, 0.15) is 11.8 Å². The third-order valence-electron chi connectivity index (χ3n) is 5.40. The van der Waals surface area contributed by atoms with Gasteiger partial charge in [-0.15, -0.1) is 0 Å². The molecule has 1 saturated carbocycles. The number of carbonyl (C=O) groups excluding carboxylic acids is 3. The fourth-order valence-corrected chi connectivity index (χ4v) is 4.00. The lowest BCUT2D eigenvalue weighted by Gasteiger charge is -2.19. The van der Waals surface area contributed by atoms with E-state index in [1.807, 2.05) is 18.2 Å². The van der Waals surface area contributed by atoms with Crippen molar-refractivity contribution in [3.63, 3.8) is 0 Å². The van der Waals surface area contributed by atoms with E-state index in [1.165, 1.54) is 24.0 Å². The van der Waals surface area contributed by atoms with Crippen LogP contribution in [0.3, 0.4) is 0 Å². The molecule has 3 rings (SSSR count). The maximum atomic E-state index is 12.9. The number of aromatic nitrogens is 1. The predicted molar refractivity (Wildman–Crippen MR) is 135 cm³/mol. The molecule has 1 aromatic carbocycles. The molecule has 9 nitrogen and oxygen atoms in total. The van der Waals surface area contributed by atoms with Gasteiger partial charge < -0.3 is 21.7 Å². The van der Waals surface area contributed by atoms with Crippen molar-refractivity contribution in [3.05, 3.63) is 59.9 Å². The highest BCUT2D eigenvalue weighted by Crippen LogP contribution is 2.40. The number of carbonyl (C=O) groups is 3. The molecule has 1 heterocycles. The number of anilines is 1. The van der Waals surface area contributed by atoms with Gasteiger partial charge in [-0.3, -0.25) is 24.8 Å². The van der Waals surface area contributed by atoms with Crippen molar-refractivity contribution in [1.29, 1.82) is 5.41 Å². The Morgan fingerprint density at radius 3 is 2.67 bits per heavy atom. The Hall–Kier alpha value is -3.02. The molecule has 10 heteroatoms. The summed E-state index contributed by atoms with van der Waals surface area (Å²) >= 11 is 2.24. The molecule has 0 unspecified atom stereocenters. The number of hydrogen-bond donors (Lipinski definition) is 5. The molecule has 1 fully saturated rings. The van der Waals surface area contributed by atoms with Crippen LogP contribution in [0.1, 0.15) is 36.3 Å². The summed E-state index contributed by atoms with van der Waals surface area (Å²) in [6.45, 7) is -0.144. The summed E-state index contributed by atoms with van der Waals surface area (Å²) in [7, 11) is 0. The molecule has 174 valence electrons. The van der Waals surface area contributed by atoms with Gasteiger partial charge in [-0.05, 0) is 35.3 Å². The maximum absolute atomic E-state index is 12.9. The summed E-state index contributed by atoms with van der Waals surface area (Å²) in [6, 6.07) is 11.0. The summed E-state index contributed by atoms with van der Waals surface area (Å²) in [5.74, 6) is -1.13. The van der Waals surface area contributed by atoms with Gasteiger partial charge in [0.2, 0.25) is 11.8 Å².